The van der Waals surface area contributed by atoms with Crippen LogP contribution >= 0.6 is 0 Å². The first-order valence-corrected chi connectivity index (χ1v) is 17.7. The van der Waals surface area contributed by atoms with Crippen molar-refractivity contribution in [2.24, 2.45) is 0 Å². The zero-order chi connectivity index (χ0) is 35.1. The minimum atomic E-state index is -0.653. The molecule has 3 aromatic heterocycles. The molecule has 1 saturated heterocycles. The lowest BCUT2D eigenvalue weighted by molar-refractivity contribution is 0.0492. The molecule has 2 N–H and O–H groups in total. The highest BCUT2D eigenvalue weighted by Gasteiger charge is 2.28. The van der Waals surface area contributed by atoms with E-state index in [1.807, 2.05) is 30.5 Å². The second-order valence-electron chi connectivity index (χ2n) is 13.8. The summed E-state index contributed by atoms with van der Waals surface area (Å²) in [6.45, 7) is 3.31. The number of hydrogen-bond donors (Lipinski definition) is 2. The Balaban J connectivity index is 1.08. The van der Waals surface area contributed by atoms with Crippen LogP contribution in [0.25, 0.3) is 33.9 Å². The van der Waals surface area contributed by atoms with Crippen LogP contribution in [-0.2, 0) is 19.8 Å². The molecule has 2 aromatic carbocycles. The number of fused-ring (bicyclic) bond motifs is 2. The normalized spacial score (nSPS) is 19.5. The van der Waals surface area contributed by atoms with E-state index in [0.717, 1.165) is 73.4 Å². The van der Waals surface area contributed by atoms with Gasteiger partial charge < -0.3 is 15.0 Å². The van der Waals surface area contributed by atoms with Crippen LogP contribution in [0.1, 0.15) is 68.1 Å². The highest BCUT2D eigenvalue weighted by atomic mass is 19.2. The number of phenols is 1. The van der Waals surface area contributed by atoms with Crippen molar-refractivity contribution in [3.8, 4) is 22.6 Å². The zero-order valence-electron chi connectivity index (χ0n) is 28.2. The predicted octanol–water partition coefficient (Wildman–Crippen LogP) is 5.64. The number of pyridine rings is 1. The van der Waals surface area contributed by atoms with E-state index in [2.05, 4.69) is 20.2 Å². The maximum Gasteiger partial charge on any atom is 0.337 e. The smallest absolute Gasteiger partial charge is 0.337 e. The van der Waals surface area contributed by atoms with Gasteiger partial charge in [-0.15, -0.1) is 0 Å². The largest absolute Gasteiger partial charge is 0.508 e. The third-order valence-corrected chi connectivity index (χ3v) is 10.4. The van der Waals surface area contributed by atoms with E-state index in [9.17, 15) is 23.6 Å². The average Bonchev–Trinajstić information content (AvgIpc) is 3.54. The van der Waals surface area contributed by atoms with Gasteiger partial charge in [0.05, 0.1) is 23.0 Å². The average molecular weight is 695 g/mol. The van der Waals surface area contributed by atoms with Gasteiger partial charge in [-0.3, -0.25) is 14.3 Å². The van der Waals surface area contributed by atoms with E-state index in [0.29, 0.717) is 42.6 Å². The summed E-state index contributed by atoms with van der Waals surface area (Å²) in [4.78, 5) is 39.5. The Labute approximate surface area is 293 Å². The summed E-state index contributed by atoms with van der Waals surface area (Å²) in [5.74, 6) is 0.244. The van der Waals surface area contributed by atoms with Crippen molar-refractivity contribution in [1.82, 2.24) is 39.0 Å². The molecule has 2 fully saturated rings. The predicted molar refractivity (Wildman–Crippen MR) is 190 cm³/mol. The Morgan fingerprint density at radius 1 is 0.980 bits per heavy atom. The number of phenolic OH excluding ortho intramolecular Hbond substituents is 1. The van der Waals surface area contributed by atoms with Crippen LogP contribution < -0.4 is 16.6 Å². The lowest BCUT2D eigenvalue weighted by atomic mass is 9.91. The number of aromatic hydroxyl groups is 1. The molecule has 0 spiro atoms. The Hall–Kier alpha value is -5.14. The first kappa shape index (κ1) is 33.0. The van der Waals surface area contributed by atoms with E-state index in [-0.39, 0.29) is 35.5 Å². The molecule has 8 rings (SSSR count). The molecule has 1 saturated carbocycles. The molecule has 0 radical (unpaired) electrons. The first-order valence-electron chi connectivity index (χ1n) is 17.7. The highest BCUT2D eigenvalue weighted by molar-refractivity contribution is 5.77. The van der Waals surface area contributed by atoms with Gasteiger partial charge in [-0.1, -0.05) is 29.1 Å². The van der Waals surface area contributed by atoms with Crippen molar-refractivity contribution in [2.45, 2.75) is 76.8 Å². The molecule has 0 bridgehead atoms. The maximum atomic E-state index is 14.6. The summed E-state index contributed by atoms with van der Waals surface area (Å²) >= 11 is 0. The quantitative estimate of drug-likeness (QED) is 0.201. The number of nitrogens with zero attached hydrogens (tertiary/aromatic N) is 7. The molecule has 3 aliphatic rings. The number of hydrogen-bond acceptors (Lipinski definition) is 8. The van der Waals surface area contributed by atoms with Crippen LogP contribution in [0.2, 0.25) is 0 Å². The molecule has 51 heavy (non-hydrogen) atoms. The molecule has 5 aromatic rings. The van der Waals surface area contributed by atoms with Crippen LogP contribution in [0, 0.1) is 5.82 Å². The lowest BCUT2D eigenvalue weighted by Gasteiger charge is -2.30. The third kappa shape index (κ3) is 6.71. The SMILES string of the molecule is O=c1c2cc(F)cnc2n(-c2cccc(-c3ccc(O)cc3CN3CCCCC3)c2)c(=O)n1C1CCC(NCc2cn3c(n2)C=CN(F)C3)CC1. The van der Waals surface area contributed by atoms with Gasteiger partial charge in [-0.25, -0.2) is 23.7 Å². The highest BCUT2D eigenvalue weighted by Crippen LogP contribution is 2.31. The molecule has 0 atom stereocenters. The summed E-state index contributed by atoms with van der Waals surface area (Å²) in [7, 11) is 0. The Kier molecular flexibility index (Phi) is 8.99. The van der Waals surface area contributed by atoms with Gasteiger partial charge in [0.25, 0.3) is 5.56 Å². The van der Waals surface area contributed by atoms with Gasteiger partial charge in [0.2, 0.25) is 0 Å². The number of rotatable bonds is 8. The van der Waals surface area contributed by atoms with Gasteiger partial charge >= 0.3 is 5.69 Å². The second kappa shape index (κ2) is 13.9. The van der Waals surface area contributed by atoms with Gasteiger partial charge in [-0.05, 0) is 105 Å². The van der Waals surface area contributed by atoms with E-state index in [1.54, 1.807) is 28.8 Å². The summed E-state index contributed by atoms with van der Waals surface area (Å²) in [5.41, 5.74) is 3.12. The minimum absolute atomic E-state index is 0.0420. The molecule has 2 aliphatic heterocycles. The molecule has 0 amide bonds. The number of nitrogens with one attached hydrogen (secondary N) is 1. The van der Waals surface area contributed by atoms with Crippen LogP contribution in [0.3, 0.4) is 0 Å². The van der Waals surface area contributed by atoms with E-state index in [1.165, 1.54) is 21.8 Å². The van der Waals surface area contributed by atoms with Crippen molar-refractivity contribution in [1.29, 1.82) is 0 Å². The minimum Gasteiger partial charge on any atom is -0.508 e. The van der Waals surface area contributed by atoms with Gasteiger partial charge in [0.1, 0.15) is 24.1 Å². The van der Waals surface area contributed by atoms with Crippen molar-refractivity contribution in [3.05, 3.63) is 111 Å². The number of benzene rings is 2. The fourth-order valence-corrected chi connectivity index (χ4v) is 7.85. The monoisotopic (exact) mass is 694 g/mol. The number of halogens is 2. The van der Waals surface area contributed by atoms with Gasteiger partial charge in [0.15, 0.2) is 5.65 Å². The number of piperidine rings is 1. The van der Waals surface area contributed by atoms with Crippen molar-refractivity contribution in [3.63, 3.8) is 0 Å². The van der Waals surface area contributed by atoms with E-state index in [4.69, 9.17) is 0 Å². The molecular weight excluding hydrogens is 654 g/mol. The van der Waals surface area contributed by atoms with Gasteiger partial charge in [-0.2, -0.15) is 5.12 Å². The summed E-state index contributed by atoms with van der Waals surface area (Å²) in [6.07, 6.45) is 12.0. The van der Waals surface area contributed by atoms with E-state index < -0.39 is 17.1 Å². The lowest BCUT2D eigenvalue weighted by Crippen LogP contribution is -2.44. The second-order valence-corrected chi connectivity index (χ2v) is 13.8. The first-order chi connectivity index (χ1) is 24.8. The van der Waals surface area contributed by atoms with Crippen LogP contribution in [0.15, 0.2) is 76.7 Å². The number of likely N-dealkylation sites (tertiary alicyclic amines) is 1. The zero-order valence-corrected chi connectivity index (χ0v) is 28.2. The molecule has 264 valence electrons. The number of aromatic nitrogens is 5. The van der Waals surface area contributed by atoms with Crippen LogP contribution in [0.5, 0.6) is 5.75 Å². The van der Waals surface area contributed by atoms with E-state index >= 15 is 0 Å². The Morgan fingerprint density at radius 2 is 1.80 bits per heavy atom. The molecule has 11 nitrogen and oxygen atoms in total. The maximum absolute atomic E-state index is 14.6. The summed E-state index contributed by atoms with van der Waals surface area (Å²) < 4.78 is 32.6. The Bertz CT molecular complexity index is 2230. The van der Waals surface area contributed by atoms with Gasteiger partial charge in [0, 0.05) is 37.6 Å². The van der Waals surface area contributed by atoms with Crippen molar-refractivity contribution >= 4 is 17.1 Å². The molecule has 5 heterocycles. The fourth-order valence-electron chi connectivity index (χ4n) is 7.85. The molecule has 0 unspecified atom stereocenters. The van der Waals surface area contributed by atoms with Crippen molar-refractivity contribution in [2.75, 3.05) is 13.1 Å². The van der Waals surface area contributed by atoms with Crippen molar-refractivity contribution < 1.29 is 14.0 Å². The third-order valence-electron chi connectivity index (χ3n) is 10.4. The molecule has 13 heteroatoms. The number of imidazole rings is 1. The molecular formula is C38H40F2N8O3. The molecule has 1 aliphatic carbocycles. The topological polar surface area (TPSA) is 113 Å². The van der Waals surface area contributed by atoms with Crippen LogP contribution in [-0.4, -0.2) is 57.9 Å². The van der Waals surface area contributed by atoms with Crippen LogP contribution in [0.4, 0.5) is 8.87 Å². The summed E-state index contributed by atoms with van der Waals surface area (Å²) in [6, 6.07) is 13.8. The summed E-state index contributed by atoms with van der Waals surface area (Å²) in [5, 5.41) is 14.6. The Morgan fingerprint density at radius 3 is 2.63 bits per heavy atom. The fraction of sp³-hybridized carbons (Fsp3) is 0.368. The standard InChI is InChI=1S/C38H40F2N8O3/c39-27-19-34-36(42-20-27)47(31-6-4-5-25(17-31)33-12-11-32(49)18-26(33)22-44-14-2-1-3-15-44)38(51)48(37(34)50)30-9-7-28(8-10-30)41-21-29-23-45-24-46(40)16-13-35(45)43-29/h4-6,11-13,16-20,23,28,30,41,49H,1-3,7-10,14-15,21-22,24H2.